The number of para-hydroxylation sites is 1. The van der Waals surface area contributed by atoms with Gasteiger partial charge in [-0.15, -0.1) is 0 Å². The molecule has 1 N–H and O–H groups in total. The van der Waals surface area contributed by atoms with Gasteiger partial charge in [0, 0.05) is 29.9 Å². The monoisotopic (exact) mass is 447 g/mol. The smallest absolute Gasteiger partial charge is 0.297 e. The number of amides is 1. The Morgan fingerprint density at radius 2 is 1.94 bits per heavy atom. The number of benzene rings is 2. The van der Waals surface area contributed by atoms with Crippen LogP contribution in [0.3, 0.4) is 0 Å². The number of carbonyl (C=O) groups excluding carboxylic acids is 1. The molecule has 1 amide bonds. The second-order valence-electron chi connectivity index (χ2n) is 7.40. The van der Waals surface area contributed by atoms with Crippen LogP contribution in [-0.4, -0.2) is 25.0 Å². The quantitative estimate of drug-likeness (QED) is 0.445. The van der Waals surface area contributed by atoms with E-state index < -0.39 is 11.6 Å². The van der Waals surface area contributed by atoms with E-state index in [0.29, 0.717) is 21.9 Å². The summed E-state index contributed by atoms with van der Waals surface area (Å²) < 4.78 is 8.75. The minimum absolute atomic E-state index is 0.125. The molecule has 0 saturated carbocycles. The van der Waals surface area contributed by atoms with Gasteiger partial charge >= 0.3 is 0 Å². The number of furan rings is 1. The summed E-state index contributed by atoms with van der Waals surface area (Å²) in [5.74, 6) is 0.284. The van der Waals surface area contributed by atoms with Gasteiger partial charge in [-0.1, -0.05) is 35.9 Å². The number of nitrogens with one attached hydrogen (secondary N) is 1. The number of aromatic nitrogens is 4. The second kappa shape index (κ2) is 7.97. The molecular formula is C23H18ClN5O3. The van der Waals surface area contributed by atoms with Gasteiger partial charge in [0.2, 0.25) is 11.5 Å². The normalized spacial score (nSPS) is 12.3. The van der Waals surface area contributed by atoms with Crippen LogP contribution in [0.25, 0.3) is 22.1 Å². The number of rotatable bonds is 5. The molecule has 3 heterocycles. The predicted molar refractivity (Wildman–Crippen MR) is 120 cm³/mol. The number of fused-ring (bicyclic) bond motifs is 3. The highest BCUT2D eigenvalue weighted by Gasteiger charge is 2.22. The molecule has 0 fully saturated rings. The third-order valence-electron chi connectivity index (χ3n) is 5.29. The maximum absolute atomic E-state index is 12.9. The van der Waals surface area contributed by atoms with Gasteiger partial charge in [0.1, 0.15) is 29.5 Å². The fourth-order valence-electron chi connectivity index (χ4n) is 3.70. The minimum atomic E-state index is -0.515. The van der Waals surface area contributed by atoms with Crippen LogP contribution >= 0.6 is 11.6 Å². The van der Waals surface area contributed by atoms with Crippen LogP contribution in [0.4, 0.5) is 0 Å². The summed E-state index contributed by atoms with van der Waals surface area (Å²) in [5.41, 5.74) is 1.58. The van der Waals surface area contributed by atoms with Crippen molar-refractivity contribution in [2.24, 2.45) is 7.05 Å². The predicted octanol–water partition coefficient (Wildman–Crippen LogP) is 3.44. The average molecular weight is 448 g/mol. The number of hydrogen-bond donors (Lipinski definition) is 1. The Hall–Kier alpha value is -3.91. The van der Waals surface area contributed by atoms with E-state index in [-0.39, 0.29) is 18.0 Å². The maximum atomic E-state index is 12.9. The van der Waals surface area contributed by atoms with Crippen LogP contribution in [0.2, 0.25) is 5.02 Å². The van der Waals surface area contributed by atoms with Crippen molar-refractivity contribution in [3.05, 3.63) is 94.0 Å². The molecule has 8 nitrogen and oxygen atoms in total. The van der Waals surface area contributed by atoms with Gasteiger partial charge in [0.15, 0.2) is 0 Å². The fourth-order valence-corrected chi connectivity index (χ4v) is 3.82. The van der Waals surface area contributed by atoms with Crippen molar-refractivity contribution in [3.8, 4) is 0 Å². The summed E-state index contributed by atoms with van der Waals surface area (Å²) in [5, 5.41) is 4.31. The van der Waals surface area contributed by atoms with E-state index in [0.717, 1.165) is 10.9 Å². The average Bonchev–Trinajstić information content (AvgIpc) is 3.38. The third kappa shape index (κ3) is 3.54. The van der Waals surface area contributed by atoms with Gasteiger partial charge in [-0.3, -0.25) is 14.2 Å². The van der Waals surface area contributed by atoms with Gasteiger partial charge in [0.05, 0.1) is 6.33 Å². The lowest BCUT2D eigenvalue weighted by Gasteiger charge is -2.19. The molecule has 5 aromatic rings. The second-order valence-corrected chi connectivity index (χ2v) is 7.84. The van der Waals surface area contributed by atoms with E-state index in [1.807, 2.05) is 41.9 Å². The zero-order valence-electron chi connectivity index (χ0n) is 17.0. The highest BCUT2D eigenvalue weighted by Crippen LogP contribution is 2.24. The molecule has 0 saturated heterocycles. The van der Waals surface area contributed by atoms with Gasteiger partial charge in [-0.2, -0.15) is 0 Å². The Bertz CT molecular complexity index is 1500. The molecule has 5 rings (SSSR count). The zero-order chi connectivity index (χ0) is 22.2. The Morgan fingerprint density at radius 1 is 1.16 bits per heavy atom. The molecule has 0 bridgehead atoms. The molecule has 32 heavy (non-hydrogen) atoms. The van der Waals surface area contributed by atoms with Crippen molar-refractivity contribution in [2.75, 3.05) is 0 Å². The van der Waals surface area contributed by atoms with E-state index in [1.165, 1.54) is 10.9 Å². The van der Waals surface area contributed by atoms with Crippen molar-refractivity contribution >= 4 is 39.6 Å². The van der Waals surface area contributed by atoms with Gasteiger partial charge in [0.25, 0.3) is 5.56 Å². The summed E-state index contributed by atoms with van der Waals surface area (Å²) >= 11 is 6.02. The topological polar surface area (TPSA) is 95.0 Å². The van der Waals surface area contributed by atoms with E-state index in [4.69, 9.17) is 16.0 Å². The fraction of sp³-hybridized carbons (Fsp3) is 0.130. The third-order valence-corrected chi connectivity index (χ3v) is 5.54. The molecule has 0 unspecified atom stereocenters. The molecule has 0 spiro atoms. The molecule has 0 radical (unpaired) electrons. The summed E-state index contributed by atoms with van der Waals surface area (Å²) in [4.78, 5) is 34.6. The minimum Gasteiger partial charge on any atom is -0.448 e. The SMILES string of the molecule is Cn1ccnc1[C@@H](NC(=O)Cn1cnc2c(oc3ccccc32)c1=O)c1ccc(Cl)cc1. The largest absolute Gasteiger partial charge is 0.448 e. The molecular weight excluding hydrogens is 430 g/mol. The first-order chi connectivity index (χ1) is 15.5. The summed E-state index contributed by atoms with van der Waals surface area (Å²) in [6.07, 6.45) is 4.83. The molecule has 1 atom stereocenters. The van der Waals surface area contributed by atoms with Crippen molar-refractivity contribution in [1.29, 1.82) is 0 Å². The molecule has 3 aromatic heterocycles. The van der Waals surface area contributed by atoms with E-state index in [2.05, 4.69) is 15.3 Å². The lowest BCUT2D eigenvalue weighted by atomic mass is 10.1. The Labute approximate surface area is 187 Å². The number of imidazole rings is 1. The number of nitrogens with zero attached hydrogens (tertiary/aromatic N) is 4. The van der Waals surface area contributed by atoms with Crippen molar-refractivity contribution in [2.45, 2.75) is 12.6 Å². The molecule has 2 aromatic carbocycles. The van der Waals surface area contributed by atoms with Crippen LogP contribution in [0.1, 0.15) is 17.4 Å². The van der Waals surface area contributed by atoms with Gasteiger partial charge in [-0.05, 0) is 29.8 Å². The van der Waals surface area contributed by atoms with Gasteiger partial charge in [-0.25, -0.2) is 9.97 Å². The van der Waals surface area contributed by atoms with Crippen LogP contribution in [0.15, 0.2) is 76.5 Å². The molecule has 0 aliphatic rings. The highest BCUT2D eigenvalue weighted by atomic mass is 35.5. The summed E-state index contributed by atoms with van der Waals surface area (Å²) in [6, 6.07) is 13.9. The van der Waals surface area contributed by atoms with Crippen molar-refractivity contribution < 1.29 is 9.21 Å². The number of carbonyl (C=O) groups is 1. The number of halogens is 1. The van der Waals surface area contributed by atoms with Crippen LogP contribution < -0.4 is 10.9 Å². The first-order valence-corrected chi connectivity index (χ1v) is 10.3. The number of aryl methyl sites for hydroxylation is 1. The van der Waals surface area contributed by atoms with Crippen molar-refractivity contribution in [3.63, 3.8) is 0 Å². The molecule has 160 valence electrons. The first kappa shape index (κ1) is 20.0. The Balaban J connectivity index is 1.45. The Morgan fingerprint density at radius 3 is 2.69 bits per heavy atom. The summed E-state index contributed by atoms with van der Waals surface area (Å²) in [6.45, 7) is -0.215. The zero-order valence-corrected chi connectivity index (χ0v) is 17.8. The molecule has 0 aliphatic carbocycles. The standard InChI is InChI=1S/C23H18ClN5O3/c1-28-11-10-25-22(28)19(14-6-8-15(24)9-7-14)27-18(30)12-29-13-26-20-16-4-2-3-5-17(16)32-21(20)23(29)31/h2-11,13,19H,12H2,1H3,(H,27,30)/t19-/m0/s1. The molecule has 0 aliphatic heterocycles. The first-order valence-electron chi connectivity index (χ1n) is 9.90. The lowest BCUT2D eigenvalue weighted by Crippen LogP contribution is -2.36. The Kier molecular flexibility index (Phi) is 4.99. The summed E-state index contributed by atoms with van der Waals surface area (Å²) in [7, 11) is 1.85. The lowest BCUT2D eigenvalue weighted by molar-refractivity contribution is -0.122. The molecule has 9 heteroatoms. The highest BCUT2D eigenvalue weighted by molar-refractivity contribution is 6.30. The van der Waals surface area contributed by atoms with Crippen LogP contribution in [0.5, 0.6) is 0 Å². The van der Waals surface area contributed by atoms with Gasteiger partial charge < -0.3 is 14.3 Å². The van der Waals surface area contributed by atoms with E-state index in [9.17, 15) is 9.59 Å². The van der Waals surface area contributed by atoms with Crippen LogP contribution in [0, 0.1) is 0 Å². The van der Waals surface area contributed by atoms with Crippen molar-refractivity contribution in [1.82, 2.24) is 24.4 Å². The number of hydrogen-bond acceptors (Lipinski definition) is 5. The van der Waals surface area contributed by atoms with E-state index in [1.54, 1.807) is 30.6 Å². The van der Waals surface area contributed by atoms with Crippen LogP contribution in [-0.2, 0) is 18.4 Å². The van der Waals surface area contributed by atoms with E-state index >= 15 is 0 Å². The maximum Gasteiger partial charge on any atom is 0.297 e.